The van der Waals surface area contributed by atoms with E-state index in [4.69, 9.17) is 30.8 Å². The van der Waals surface area contributed by atoms with Gasteiger partial charge in [0.15, 0.2) is 16.3 Å². The number of hydrogen-bond donors (Lipinski definition) is 0. The minimum atomic E-state index is -0.817. The minimum absolute atomic E-state index is 0.180. The third-order valence-electron chi connectivity index (χ3n) is 7.69. The summed E-state index contributed by atoms with van der Waals surface area (Å²) >= 11 is 11.0. The van der Waals surface area contributed by atoms with Gasteiger partial charge in [0.05, 0.1) is 42.7 Å². The number of halogens is 2. The zero-order valence-electron chi connectivity index (χ0n) is 25.0. The number of aromatic nitrogens is 2. The van der Waals surface area contributed by atoms with Crippen LogP contribution in [0.1, 0.15) is 36.6 Å². The van der Waals surface area contributed by atoms with Gasteiger partial charge < -0.3 is 18.8 Å². The normalized spacial score (nSPS) is 14.8. The van der Waals surface area contributed by atoms with Crippen LogP contribution < -0.4 is 24.4 Å². The summed E-state index contributed by atoms with van der Waals surface area (Å²) in [5.41, 5.74) is 4.17. The molecule has 1 atom stereocenters. The molecule has 0 amide bonds. The van der Waals surface area contributed by atoms with Crippen LogP contribution in [0.4, 0.5) is 0 Å². The summed E-state index contributed by atoms with van der Waals surface area (Å²) in [5, 5.41) is 1.70. The fraction of sp³-hybridized carbons (Fsp3) is 0.206. The maximum absolute atomic E-state index is 14.3. The van der Waals surface area contributed by atoms with Gasteiger partial charge in [0.1, 0.15) is 0 Å². The first-order valence-electron chi connectivity index (χ1n) is 14.2. The van der Waals surface area contributed by atoms with Crippen LogP contribution in [0.25, 0.3) is 17.0 Å². The van der Waals surface area contributed by atoms with Crippen LogP contribution in [-0.2, 0) is 16.1 Å². The second kappa shape index (κ2) is 12.7. The molecule has 0 unspecified atom stereocenters. The SMILES string of the molecule is CCOC(=O)C1=C(C)N=c2s/c(=C\c3cn(Cc4ccc(Cl)cc4)c4ccccc34)c(=O)n2[C@H]1c1cc(OC)c(OC)cc1Br. The second-order valence-corrected chi connectivity index (χ2v) is 12.7. The molecular formula is C34H29BrClN3O5S. The fourth-order valence-corrected chi connectivity index (χ4v) is 7.32. The number of rotatable bonds is 8. The maximum atomic E-state index is 14.3. The molecule has 11 heteroatoms. The third kappa shape index (κ3) is 5.74. The summed E-state index contributed by atoms with van der Waals surface area (Å²) in [6, 6.07) is 18.6. The van der Waals surface area contributed by atoms with E-state index in [9.17, 15) is 9.59 Å². The Labute approximate surface area is 276 Å². The first-order chi connectivity index (χ1) is 21.7. The van der Waals surface area contributed by atoms with E-state index in [1.807, 2.05) is 48.5 Å². The summed E-state index contributed by atoms with van der Waals surface area (Å²) in [7, 11) is 3.09. The molecule has 8 nitrogen and oxygen atoms in total. The highest BCUT2D eigenvalue weighted by molar-refractivity contribution is 9.10. The lowest BCUT2D eigenvalue weighted by atomic mass is 9.95. The van der Waals surface area contributed by atoms with Crippen molar-refractivity contribution < 1.29 is 19.0 Å². The lowest BCUT2D eigenvalue weighted by molar-refractivity contribution is -0.139. The van der Waals surface area contributed by atoms with Crippen LogP contribution in [0.5, 0.6) is 11.5 Å². The number of fused-ring (bicyclic) bond motifs is 2. The van der Waals surface area contributed by atoms with E-state index >= 15 is 0 Å². The summed E-state index contributed by atoms with van der Waals surface area (Å²) in [5.74, 6) is 0.433. The van der Waals surface area contributed by atoms with Crippen LogP contribution >= 0.6 is 38.9 Å². The van der Waals surface area contributed by atoms with Crippen molar-refractivity contribution in [1.29, 1.82) is 0 Å². The van der Waals surface area contributed by atoms with E-state index in [0.717, 1.165) is 22.0 Å². The monoisotopic (exact) mass is 705 g/mol. The maximum Gasteiger partial charge on any atom is 0.338 e. The standard InChI is InChI=1S/C34H29BrClN3O5S/c1-5-44-33(41)30-19(2)37-34-39(31(30)24-15-27(42-3)28(43-4)16-25(24)35)32(40)29(45-34)14-21-18-38(26-9-7-6-8-23(21)26)17-20-10-12-22(36)13-11-20/h6-16,18,31H,5,17H2,1-4H3/b29-14-/t31-/m0/s1. The Morgan fingerprint density at radius 2 is 1.80 bits per heavy atom. The van der Waals surface area contributed by atoms with Crippen molar-refractivity contribution >= 4 is 61.8 Å². The Hall–Kier alpha value is -4.12. The van der Waals surface area contributed by atoms with E-state index in [2.05, 4.69) is 32.8 Å². The highest BCUT2D eigenvalue weighted by Gasteiger charge is 2.35. The molecule has 45 heavy (non-hydrogen) atoms. The van der Waals surface area contributed by atoms with Gasteiger partial charge in [-0.3, -0.25) is 9.36 Å². The molecule has 0 saturated heterocycles. The number of hydrogen-bond acceptors (Lipinski definition) is 7. The van der Waals surface area contributed by atoms with Gasteiger partial charge in [-0.2, -0.15) is 0 Å². The highest BCUT2D eigenvalue weighted by atomic mass is 79.9. The molecule has 1 aliphatic rings. The van der Waals surface area contributed by atoms with Crippen molar-refractivity contribution in [3.8, 4) is 11.5 Å². The molecule has 0 spiro atoms. The zero-order chi connectivity index (χ0) is 31.8. The quantitative estimate of drug-likeness (QED) is 0.179. The van der Waals surface area contributed by atoms with Crippen molar-refractivity contribution in [3.05, 3.63) is 124 Å². The summed E-state index contributed by atoms with van der Waals surface area (Å²) < 4.78 is 21.4. The van der Waals surface area contributed by atoms with Gasteiger partial charge in [0.2, 0.25) is 0 Å². The summed E-state index contributed by atoms with van der Waals surface area (Å²) in [4.78, 5) is 32.9. The molecule has 0 N–H and O–H groups in total. The number of nitrogens with zero attached hydrogens (tertiary/aromatic N) is 3. The highest BCUT2D eigenvalue weighted by Crippen LogP contribution is 2.40. The minimum Gasteiger partial charge on any atom is -0.493 e. The summed E-state index contributed by atoms with van der Waals surface area (Å²) in [6.45, 7) is 4.32. The fourth-order valence-electron chi connectivity index (χ4n) is 5.61. The Morgan fingerprint density at radius 3 is 2.51 bits per heavy atom. The molecule has 2 aromatic heterocycles. The molecule has 3 aromatic carbocycles. The van der Waals surface area contributed by atoms with Crippen molar-refractivity contribution in [2.45, 2.75) is 26.4 Å². The van der Waals surface area contributed by atoms with Crippen molar-refractivity contribution in [3.63, 3.8) is 0 Å². The average Bonchev–Trinajstić information content (AvgIpc) is 3.53. The van der Waals surface area contributed by atoms with E-state index in [-0.39, 0.29) is 17.7 Å². The van der Waals surface area contributed by atoms with E-state index in [1.165, 1.54) is 18.4 Å². The number of para-hydroxylation sites is 1. The number of methoxy groups -OCH3 is 2. The van der Waals surface area contributed by atoms with Gasteiger partial charge in [0.25, 0.3) is 5.56 Å². The number of carbonyl (C=O) groups is 1. The number of thiazole rings is 1. The van der Waals surface area contributed by atoms with Crippen LogP contribution in [0.15, 0.2) is 92.4 Å². The molecular weight excluding hydrogens is 678 g/mol. The molecule has 0 radical (unpaired) electrons. The van der Waals surface area contributed by atoms with Gasteiger partial charge >= 0.3 is 5.97 Å². The summed E-state index contributed by atoms with van der Waals surface area (Å²) in [6.07, 6.45) is 3.95. The van der Waals surface area contributed by atoms with Gasteiger partial charge in [-0.15, -0.1) is 0 Å². The molecule has 0 bridgehead atoms. The molecule has 1 aliphatic heterocycles. The third-order valence-corrected chi connectivity index (χ3v) is 9.61. The smallest absolute Gasteiger partial charge is 0.338 e. The number of allylic oxidation sites excluding steroid dienone is 1. The second-order valence-electron chi connectivity index (χ2n) is 10.4. The van der Waals surface area contributed by atoms with Crippen LogP contribution in [-0.4, -0.2) is 35.9 Å². The van der Waals surface area contributed by atoms with E-state index < -0.39 is 12.0 Å². The molecule has 0 fully saturated rings. The van der Waals surface area contributed by atoms with Gasteiger partial charge in [-0.25, -0.2) is 9.79 Å². The van der Waals surface area contributed by atoms with Gasteiger partial charge in [-0.1, -0.05) is 69.2 Å². The van der Waals surface area contributed by atoms with Crippen molar-refractivity contribution in [1.82, 2.24) is 9.13 Å². The van der Waals surface area contributed by atoms with Crippen LogP contribution in [0, 0.1) is 0 Å². The number of carbonyl (C=O) groups excluding carboxylic acids is 1. The predicted molar refractivity (Wildman–Crippen MR) is 180 cm³/mol. The molecule has 6 rings (SSSR count). The number of benzene rings is 3. The van der Waals surface area contributed by atoms with Crippen LogP contribution in [0.3, 0.4) is 0 Å². The lowest BCUT2D eigenvalue weighted by Gasteiger charge is -2.26. The molecule has 0 aliphatic carbocycles. The number of ether oxygens (including phenoxy) is 3. The van der Waals surface area contributed by atoms with E-state index in [0.29, 0.717) is 48.1 Å². The Kier molecular flexibility index (Phi) is 8.72. The molecule has 0 saturated carbocycles. The van der Waals surface area contributed by atoms with Crippen LogP contribution in [0.2, 0.25) is 5.02 Å². The number of esters is 1. The molecule has 5 aromatic rings. The Bertz CT molecular complexity index is 2160. The van der Waals surface area contributed by atoms with Crippen molar-refractivity contribution in [2.24, 2.45) is 4.99 Å². The first kappa shape index (κ1) is 30.9. The largest absolute Gasteiger partial charge is 0.493 e. The zero-order valence-corrected chi connectivity index (χ0v) is 28.1. The Balaban J connectivity index is 1.54. The molecule has 3 heterocycles. The van der Waals surface area contributed by atoms with Gasteiger partial charge in [-0.05, 0) is 61.4 Å². The van der Waals surface area contributed by atoms with E-state index in [1.54, 1.807) is 37.7 Å². The lowest BCUT2D eigenvalue weighted by Crippen LogP contribution is -2.40. The first-order valence-corrected chi connectivity index (χ1v) is 16.2. The topological polar surface area (TPSA) is 84.1 Å². The Morgan fingerprint density at radius 1 is 1.09 bits per heavy atom. The predicted octanol–water partition coefficient (Wildman–Crippen LogP) is 6.23. The average molecular weight is 707 g/mol. The molecule has 230 valence electrons. The van der Waals surface area contributed by atoms with Crippen molar-refractivity contribution in [2.75, 3.05) is 20.8 Å². The van der Waals surface area contributed by atoms with Gasteiger partial charge in [0, 0.05) is 38.7 Å².